The van der Waals surface area contributed by atoms with Crippen molar-refractivity contribution in [2.75, 3.05) is 23.4 Å². The molecule has 26 heavy (non-hydrogen) atoms. The molecule has 0 saturated carbocycles. The third kappa shape index (κ3) is 2.62. The predicted octanol–water partition coefficient (Wildman–Crippen LogP) is 2.67. The van der Waals surface area contributed by atoms with Gasteiger partial charge < -0.3 is 20.1 Å². The topological polar surface area (TPSA) is 95.9 Å². The monoisotopic (exact) mass is 372 g/mol. The minimum atomic E-state index is -0.983. The molecular weight excluding hydrogens is 356 g/mol. The summed E-state index contributed by atoms with van der Waals surface area (Å²) in [4.78, 5) is 38.2. The van der Waals surface area contributed by atoms with Gasteiger partial charge in [-0.15, -0.1) is 11.3 Å². The Balaban J connectivity index is 1.83. The van der Waals surface area contributed by atoms with Gasteiger partial charge in [0.2, 0.25) is 5.91 Å². The summed E-state index contributed by atoms with van der Waals surface area (Å²) in [6.45, 7) is 2.39. The van der Waals surface area contributed by atoms with E-state index in [-0.39, 0.29) is 35.6 Å². The fraction of sp³-hybridized carbons (Fsp3) is 0.278. The van der Waals surface area contributed by atoms with Gasteiger partial charge in [-0.25, -0.2) is 4.79 Å². The molecule has 0 aliphatic carbocycles. The second-order valence-corrected chi connectivity index (χ2v) is 7.26. The summed E-state index contributed by atoms with van der Waals surface area (Å²) in [5.41, 5.74) is 2.18. The molecule has 2 aliphatic rings. The third-order valence-electron chi connectivity index (χ3n) is 4.61. The van der Waals surface area contributed by atoms with Crippen molar-refractivity contribution in [1.29, 1.82) is 0 Å². The fourth-order valence-corrected chi connectivity index (χ4v) is 4.38. The normalized spacial score (nSPS) is 18.7. The molecule has 0 unspecified atom stereocenters. The Kier molecular flexibility index (Phi) is 3.91. The van der Waals surface area contributed by atoms with E-state index in [4.69, 9.17) is 9.84 Å². The smallest absolute Gasteiger partial charge is 0.345 e. The van der Waals surface area contributed by atoms with E-state index in [1.165, 1.54) is 11.3 Å². The molecule has 0 spiro atoms. The molecule has 2 aromatic rings. The van der Waals surface area contributed by atoms with Gasteiger partial charge in [-0.3, -0.25) is 9.59 Å². The molecule has 8 heteroatoms. The molecule has 2 N–H and O–H groups in total. The van der Waals surface area contributed by atoms with Crippen molar-refractivity contribution in [2.24, 2.45) is 0 Å². The number of carboxylic acid groups (broad SMARTS) is 1. The second kappa shape index (κ2) is 6.14. The number of hydrogen-bond acceptors (Lipinski definition) is 5. The standard InChI is InChI=1S/C18H16N2O5S/c1-2-20-12-5-9-10(14-3-4-15(26-14)18(23)24)6-16(21)19-11(9)7-13(12)25-8-17(20)22/h3-5,7,10H,2,6,8H2,1H3,(H,19,21)(H,23,24)/t10-/m1/s1. The van der Waals surface area contributed by atoms with Crippen molar-refractivity contribution < 1.29 is 24.2 Å². The van der Waals surface area contributed by atoms with Crippen molar-refractivity contribution in [3.8, 4) is 5.75 Å². The van der Waals surface area contributed by atoms with Crippen LogP contribution >= 0.6 is 11.3 Å². The summed E-state index contributed by atoms with van der Waals surface area (Å²) in [5, 5.41) is 12.0. The van der Waals surface area contributed by atoms with E-state index in [1.54, 1.807) is 23.1 Å². The number of fused-ring (bicyclic) bond motifs is 2. The van der Waals surface area contributed by atoms with Gasteiger partial charge in [0, 0.05) is 35.5 Å². The number of rotatable bonds is 3. The first-order valence-corrected chi connectivity index (χ1v) is 9.03. The van der Waals surface area contributed by atoms with Crippen LogP contribution in [0, 0.1) is 0 Å². The number of amides is 2. The maximum atomic E-state index is 12.2. The summed E-state index contributed by atoms with van der Waals surface area (Å²) in [5.74, 6) is -0.919. The Bertz CT molecular complexity index is 936. The van der Waals surface area contributed by atoms with Crippen LogP contribution in [0.1, 0.15) is 39.4 Å². The third-order valence-corrected chi connectivity index (χ3v) is 5.80. The number of likely N-dealkylation sites (N-methyl/N-ethyl adjacent to an activating group) is 1. The highest BCUT2D eigenvalue weighted by Crippen LogP contribution is 2.45. The van der Waals surface area contributed by atoms with Gasteiger partial charge in [0.05, 0.1) is 5.69 Å². The van der Waals surface area contributed by atoms with Gasteiger partial charge >= 0.3 is 5.97 Å². The molecular formula is C18H16N2O5S. The van der Waals surface area contributed by atoms with E-state index >= 15 is 0 Å². The lowest BCUT2D eigenvalue weighted by Crippen LogP contribution is -2.39. The minimum absolute atomic E-state index is 0.0239. The first-order valence-electron chi connectivity index (χ1n) is 8.22. The van der Waals surface area contributed by atoms with Crippen LogP contribution in [0.2, 0.25) is 0 Å². The average molecular weight is 372 g/mol. The number of nitrogens with zero attached hydrogens (tertiary/aromatic N) is 1. The van der Waals surface area contributed by atoms with Gasteiger partial charge in [0.1, 0.15) is 10.6 Å². The second-order valence-electron chi connectivity index (χ2n) is 6.15. The SMILES string of the molecule is CCN1C(=O)COc2cc3c(cc21)[C@H](c1ccc(C(=O)O)s1)CC(=O)N3. The lowest BCUT2D eigenvalue weighted by molar-refractivity contribution is -0.121. The molecule has 7 nitrogen and oxygen atoms in total. The Morgan fingerprint density at radius 2 is 2.19 bits per heavy atom. The molecule has 2 aliphatic heterocycles. The van der Waals surface area contributed by atoms with Crippen LogP contribution in [0.5, 0.6) is 5.75 Å². The number of carbonyl (C=O) groups excluding carboxylic acids is 2. The van der Waals surface area contributed by atoms with E-state index in [9.17, 15) is 14.4 Å². The Hall–Kier alpha value is -2.87. The molecule has 3 heterocycles. The van der Waals surface area contributed by atoms with Crippen molar-refractivity contribution >= 4 is 40.5 Å². The number of carboxylic acids is 1. The maximum Gasteiger partial charge on any atom is 0.345 e. The Labute approximate surface area is 153 Å². The van der Waals surface area contributed by atoms with Crippen molar-refractivity contribution in [3.05, 3.63) is 39.6 Å². The van der Waals surface area contributed by atoms with Crippen LogP contribution in [0.15, 0.2) is 24.3 Å². The molecule has 2 amide bonds. The van der Waals surface area contributed by atoms with Gasteiger partial charge in [0.15, 0.2) is 6.61 Å². The number of thiophene rings is 1. The summed E-state index contributed by atoms with van der Waals surface area (Å²) >= 11 is 1.17. The van der Waals surface area contributed by atoms with Gasteiger partial charge in [-0.05, 0) is 30.7 Å². The highest BCUT2D eigenvalue weighted by Gasteiger charge is 2.32. The Morgan fingerprint density at radius 1 is 1.38 bits per heavy atom. The highest BCUT2D eigenvalue weighted by atomic mass is 32.1. The molecule has 0 bridgehead atoms. The number of aromatic carboxylic acids is 1. The number of carbonyl (C=O) groups is 3. The fourth-order valence-electron chi connectivity index (χ4n) is 3.41. The quantitative estimate of drug-likeness (QED) is 0.864. The van der Waals surface area contributed by atoms with Crippen LogP contribution in [0.25, 0.3) is 0 Å². The van der Waals surface area contributed by atoms with E-state index in [0.29, 0.717) is 23.7 Å². The Morgan fingerprint density at radius 3 is 2.88 bits per heavy atom. The highest BCUT2D eigenvalue weighted by molar-refractivity contribution is 7.14. The number of ether oxygens (including phenoxy) is 1. The van der Waals surface area contributed by atoms with Crippen LogP contribution < -0.4 is 15.0 Å². The van der Waals surface area contributed by atoms with Crippen molar-refractivity contribution in [3.63, 3.8) is 0 Å². The molecule has 134 valence electrons. The molecule has 4 rings (SSSR count). The van der Waals surface area contributed by atoms with Crippen LogP contribution in [-0.2, 0) is 9.59 Å². The van der Waals surface area contributed by atoms with Gasteiger partial charge in [0.25, 0.3) is 5.91 Å². The number of nitrogens with one attached hydrogen (secondary N) is 1. The van der Waals surface area contributed by atoms with Gasteiger partial charge in [-0.2, -0.15) is 0 Å². The van der Waals surface area contributed by atoms with E-state index in [0.717, 1.165) is 10.4 Å². The largest absolute Gasteiger partial charge is 0.481 e. The summed E-state index contributed by atoms with van der Waals surface area (Å²) in [7, 11) is 0. The number of benzene rings is 1. The average Bonchev–Trinajstić information content (AvgIpc) is 3.10. The number of anilines is 2. The first kappa shape index (κ1) is 16.6. The van der Waals surface area contributed by atoms with Gasteiger partial charge in [-0.1, -0.05) is 0 Å². The maximum absolute atomic E-state index is 12.2. The first-order chi connectivity index (χ1) is 12.5. The van der Waals surface area contributed by atoms with Crippen molar-refractivity contribution in [1.82, 2.24) is 0 Å². The van der Waals surface area contributed by atoms with Crippen molar-refractivity contribution in [2.45, 2.75) is 19.3 Å². The number of hydrogen-bond donors (Lipinski definition) is 2. The zero-order valence-corrected chi connectivity index (χ0v) is 14.8. The van der Waals surface area contributed by atoms with E-state index < -0.39 is 5.97 Å². The van der Waals surface area contributed by atoms with E-state index in [2.05, 4.69) is 5.32 Å². The van der Waals surface area contributed by atoms with Crippen LogP contribution in [0.4, 0.5) is 11.4 Å². The molecule has 0 saturated heterocycles. The van der Waals surface area contributed by atoms with Crippen LogP contribution in [0.3, 0.4) is 0 Å². The minimum Gasteiger partial charge on any atom is -0.481 e. The summed E-state index contributed by atoms with van der Waals surface area (Å²) in [6.07, 6.45) is 0.228. The summed E-state index contributed by atoms with van der Waals surface area (Å²) in [6, 6.07) is 6.92. The van der Waals surface area contributed by atoms with Crippen LogP contribution in [-0.4, -0.2) is 36.0 Å². The molecule has 1 atom stereocenters. The molecule has 1 aromatic heterocycles. The molecule has 0 fully saturated rings. The zero-order chi connectivity index (χ0) is 18.4. The van der Waals surface area contributed by atoms with E-state index in [1.807, 2.05) is 13.0 Å². The molecule has 0 radical (unpaired) electrons. The predicted molar refractivity (Wildman–Crippen MR) is 96.3 cm³/mol. The summed E-state index contributed by atoms with van der Waals surface area (Å²) < 4.78 is 5.53. The lowest BCUT2D eigenvalue weighted by atomic mass is 9.88. The molecule has 1 aromatic carbocycles. The zero-order valence-electron chi connectivity index (χ0n) is 13.9. The lowest BCUT2D eigenvalue weighted by Gasteiger charge is -2.32.